The lowest BCUT2D eigenvalue weighted by Crippen LogP contribution is -2.09. The lowest BCUT2D eigenvalue weighted by atomic mass is 9.79. The molecule has 0 saturated heterocycles. The van der Waals surface area contributed by atoms with Gasteiger partial charge in [0.05, 0.1) is 0 Å². The fraction of sp³-hybridized carbons (Fsp3) is 0.455. The van der Waals surface area contributed by atoms with Crippen molar-refractivity contribution in [2.75, 3.05) is 0 Å². The number of hydrogen-bond donors (Lipinski definition) is 0. The average Bonchev–Trinajstić information content (AvgIpc) is 3.27. The quantitative estimate of drug-likeness (QED) is 0.614. The van der Waals surface area contributed by atoms with E-state index in [0.29, 0.717) is 0 Å². The van der Waals surface area contributed by atoms with Gasteiger partial charge in [0.25, 0.3) is 0 Å². The molecule has 2 unspecified atom stereocenters. The molecule has 2 aliphatic rings. The van der Waals surface area contributed by atoms with Gasteiger partial charge in [0.15, 0.2) is 0 Å². The molecule has 2 atom stereocenters. The second-order valence-electron chi connectivity index (χ2n) is 7.16. The standard InChI is InChI=1S/C22H26/c1-2-9-17(10-3-1)20-15-8-16-22(20)21-14-7-6-13-19(21)18-11-4-5-12-18/h1-3,6-7,9-10,13-14,18,20,22H,4-5,8,11-12,15-16H2. The fourth-order valence-corrected chi connectivity index (χ4v) is 4.89. The van der Waals surface area contributed by atoms with E-state index in [0.717, 1.165) is 17.8 Å². The zero-order chi connectivity index (χ0) is 14.8. The molecule has 0 amide bonds. The molecule has 114 valence electrons. The van der Waals surface area contributed by atoms with Gasteiger partial charge < -0.3 is 0 Å². The Bertz CT molecular complexity index is 607. The maximum absolute atomic E-state index is 2.43. The van der Waals surface area contributed by atoms with Crippen LogP contribution in [-0.2, 0) is 0 Å². The smallest absolute Gasteiger partial charge is 0.00902 e. The van der Waals surface area contributed by atoms with E-state index in [4.69, 9.17) is 0 Å². The highest BCUT2D eigenvalue weighted by Gasteiger charge is 2.32. The zero-order valence-corrected chi connectivity index (χ0v) is 13.4. The van der Waals surface area contributed by atoms with Crippen molar-refractivity contribution >= 4 is 0 Å². The SMILES string of the molecule is c1ccc(C2CCCC2c2ccccc2C2CCCC2)cc1. The van der Waals surface area contributed by atoms with Crippen molar-refractivity contribution in [2.45, 2.75) is 62.7 Å². The first-order valence-electron chi connectivity index (χ1n) is 9.07. The van der Waals surface area contributed by atoms with Crippen LogP contribution in [0.25, 0.3) is 0 Å². The molecule has 0 heteroatoms. The van der Waals surface area contributed by atoms with Gasteiger partial charge in [-0.15, -0.1) is 0 Å². The first-order valence-corrected chi connectivity index (χ1v) is 9.07. The average molecular weight is 290 g/mol. The van der Waals surface area contributed by atoms with Gasteiger partial charge in [-0.25, -0.2) is 0 Å². The van der Waals surface area contributed by atoms with Crippen LogP contribution in [0, 0.1) is 0 Å². The van der Waals surface area contributed by atoms with E-state index in [1.807, 2.05) is 0 Å². The normalized spacial score (nSPS) is 25.6. The Morgan fingerprint density at radius 1 is 0.545 bits per heavy atom. The Morgan fingerprint density at radius 2 is 1.18 bits per heavy atom. The van der Waals surface area contributed by atoms with Gasteiger partial charge in [0, 0.05) is 0 Å². The zero-order valence-electron chi connectivity index (χ0n) is 13.4. The summed E-state index contributed by atoms with van der Waals surface area (Å²) in [6.45, 7) is 0. The van der Waals surface area contributed by atoms with E-state index < -0.39 is 0 Å². The molecule has 0 spiro atoms. The molecule has 0 aromatic heterocycles. The van der Waals surface area contributed by atoms with Crippen LogP contribution in [-0.4, -0.2) is 0 Å². The first-order chi connectivity index (χ1) is 10.9. The molecule has 0 radical (unpaired) electrons. The monoisotopic (exact) mass is 290 g/mol. The summed E-state index contributed by atoms with van der Waals surface area (Å²) < 4.78 is 0. The molecule has 0 N–H and O–H groups in total. The first kappa shape index (κ1) is 14.1. The lowest BCUT2D eigenvalue weighted by molar-refractivity contribution is 0.603. The van der Waals surface area contributed by atoms with Crippen LogP contribution >= 0.6 is 0 Å². The molecule has 4 rings (SSSR count). The number of benzene rings is 2. The fourth-order valence-electron chi connectivity index (χ4n) is 4.89. The molecule has 2 aliphatic carbocycles. The highest BCUT2D eigenvalue weighted by molar-refractivity contribution is 5.38. The molecule has 22 heavy (non-hydrogen) atoms. The summed E-state index contributed by atoms with van der Waals surface area (Å²) in [5.74, 6) is 2.29. The molecule has 0 nitrogen and oxygen atoms in total. The van der Waals surface area contributed by atoms with Crippen LogP contribution in [0.4, 0.5) is 0 Å². The van der Waals surface area contributed by atoms with Gasteiger partial charge in [-0.05, 0) is 60.1 Å². The van der Waals surface area contributed by atoms with Crippen molar-refractivity contribution in [3.8, 4) is 0 Å². The third kappa shape index (κ3) is 2.60. The van der Waals surface area contributed by atoms with Gasteiger partial charge in [-0.2, -0.15) is 0 Å². The van der Waals surface area contributed by atoms with Crippen molar-refractivity contribution in [3.05, 3.63) is 71.3 Å². The molecular formula is C22H26. The molecule has 0 heterocycles. The molecule has 0 bridgehead atoms. The van der Waals surface area contributed by atoms with E-state index >= 15 is 0 Å². The van der Waals surface area contributed by atoms with Gasteiger partial charge >= 0.3 is 0 Å². The van der Waals surface area contributed by atoms with Crippen LogP contribution in [0.2, 0.25) is 0 Å². The summed E-state index contributed by atoms with van der Waals surface area (Å²) in [5, 5.41) is 0. The van der Waals surface area contributed by atoms with Crippen molar-refractivity contribution in [2.24, 2.45) is 0 Å². The van der Waals surface area contributed by atoms with Crippen molar-refractivity contribution in [3.63, 3.8) is 0 Å². The minimum atomic E-state index is 0.726. The minimum absolute atomic E-state index is 0.726. The van der Waals surface area contributed by atoms with Crippen LogP contribution in [0.1, 0.15) is 79.4 Å². The highest BCUT2D eigenvalue weighted by atomic mass is 14.4. The van der Waals surface area contributed by atoms with Crippen LogP contribution < -0.4 is 0 Å². The van der Waals surface area contributed by atoms with E-state index in [1.54, 1.807) is 16.7 Å². The van der Waals surface area contributed by atoms with E-state index in [2.05, 4.69) is 54.6 Å². The van der Waals surface area contributed by atoms with Crippen molar-refractivity contribution < 1.29 is 0 Å². The molecule has 2 saturated carbocycles. The van der Waals surface area contributed by atoms with E-state index in [-0.39, 0.29) is 0 Å². The Labute approximate surface area is 134 Å². The second-order valence-corrected chi connectivity index (χ2v) is 7.16. The number of rotatable bonds is 3. The predicted molar refractivity (Wildman–Crippen MR) is 93.4 cm³/mol. The molecular weight excluding hydrogens is 264 g/mol. The third-order valence-electron chi connectivity index (χ3n) is 5.93. The summed E-state index contributed by atoms with van der Waals surface area (Å²) in [6.07, 6.45) is 9.75. The van der Waals surface area contributed by atoms with E-state index in [9.17, 15) is 0 Å². The Kier molecular flexibility index (Phi) is 4.01. The topological polar surface area (TPSA) is 0 Å². The van der Waals surface area contributed by atoms with Crippen LogP contribution in [0.3, 0.4) is 0 Å². The molecule has 2 fully saturated rings. The van der Waals surface area contributed by atoms with Gasteiger partial charge in [-0.3, -0.25) is 0 Å². The molecule has 2 aromatic rings. The molecule has 2 aromatic carbocycles. The van der Waals surface area contributed by atoms with Crippen LogP contribution in [0.5, 0.6) is 0 Å². The Balaban J connectivity index is 1.69. The summed E-state index contributed by atoms with van der Waals surface area (Å²) in [5.41, 5.74) is 4.89. The summed E-state index contributed by atoms with van der Waals surface area (Å²) in [4.78, 5) is 0. The Hall–Kier alpha value is -1.56. The van der Waals surface area contributed by atoms with Crippen molar-refractivity contribution in [1.29, 1.82) is 0 Å². The maximum atomic E-state index is 2.43. The summed E-state index contributed by atoms with van der Waals surface area (Å²) >= 11 is 0. The van der Waals surface area contributed by atoms with Gasteiger partial charge in [-0.1, -0.05) is 73.9 Å². The molecule has 0 aliphatic heterocycles. The van der Waals surface area contributed by atoms with Gasteiger partial charge in [0.1, 0.15) is 0 Å². The Morgan fingerprint density at radius 3 is 1.95 bits per heavy atom. The maximum Gasteiger partial charge on any atom is -0.00902 e. The lowest BCUT2D eigenvalue weighted by Gasteiger charge is -2.25. The number of hydrogen-bond acceptors (Lipinski definition) is 0. The third-order valence-corrected chi connectivity index (χ3v) is 5.93. The minimum Gasteiger partial charge on any atom is -0.0622 e. The predicted octanol–water partition coefficient (Wildman–Crippen LogP) is 6.40. The van der Waals surface area contributed by atoms with Gasteiger partial charge in [0.2, 0.25) is 0 Å². The van der Waals surface area contributed by atoms with E-state index in [1.165, 1.54) is 44.9 Å². The van der Waals surface area contributed by atoms with Crippen molar-refractivity contribution in [1.82, 2.24) is 0 Å². The summed E-state index contributed by atoms with van der Waals surface area (Å²) in [7, 11) is 0. The highest BCUT2D eigenvalue weighted by Crippen LogP contribution is 2.49. The largest absolute Gasteiger partial charge is 0.0622 e. The van der Waals surface area contributed by atoms with Crippen LogP contribution in [0.15, 0.2) is 54.6 Å². The summed E-state index contributed by atoms with van der Waals surface area (Å²) in [6, 6.07) is 20.6. The second kappa shape index (κ2) is 6.28.